The van der Waals surface area contributed by atoms with Crippen molar-refractivity contribution in [3.05, 3.63) is 29.8 Å². The predicted octanol–water partition coefficient (Wildman–Crippen LogP) is 2.68. The van der Waals surface area contributed by atoms with Gasteiger partial charge in [0.05, 0.1) is 28.9 Å². The minimum Gasteiger partial charge on any atom is -0.383 e. The summed E-state index contributed by atoms with van der Waals surface area (Å²) < 4.78 is 6.86. The number of nitrogens with one attached hydrogen (secondary N) is 2. The lowest BCUT2D eigenvalue weighted by Crippen LogP contribution is -2.09. The standard InChI is InChI=1S/C14H16ClN5O/c1-20-8-9(5-19-20)10-6-17-14-12(11(15)7-18-14)13(10)16-3-4-21-2/h5-8H,3-4H2,1-2H3,(H2,16,17,18). The van der Waals surface area contributed by atoms with Gasteiger partial charge < -0.3 is 15.0 Å². The summed E-state index contributed by atoms with van der Waals surface area (Å²) in [6, 6.07) is 0. The summed E-state index contributed by atoms with van der Waals surface area (Å²) >= 11 is 6.29. The van der Waals surface area contributed by atoms with Crippen molar-refractivity contribution in [2.45, 2.75) is 0 Å². The zero-order valence-electron chi connectivity index (χ0n) is 11.9. The average Bonchev–Trinajstić information content (AvgIpc) is 3.06. The van der Waals surface area contributed by atoms with Crippen LogP contribution < -0.4 is 5.32 Å². The van der Waals surface area contributed by atoms with Crippen molar-refractivity contribution < 1.29 is 4.74 Å². The molecule has 0 radical (unpaired) electrons. The lowest BCUT2D eigenvalue weighted by atomic mass is 10.1. The van der Waals surface area contributed by atoms with Gasteiger partial charge in [0, 0.05) is 50.4 Å². The molecular formula is C14H16ClN5O. The highest BCUT2D eigenvalue weighted by molar-refractivity contribution is 6.36. The Labute approximate surface area is 127 Å². The number of aryl methyl sites for hydroxylation is 1. The molecule has 3 aromatic heterocycles. The van der Waals surface area contributed by atoms with E-state index in [2.05, 4.69) is 20.4 Å². The largest absolute Gasteiger partial charge is 0.383 e. The van der Waals surface area contributed by atoms with Crippen LogP contribution in [-0.4, -0.2) is 40.0 Å². The number of methoxy groups -OCH3 is 1. The Morgan fingerprint density at radius 3 is 3.00 bits per heavy atom. The third-order valence-electron chi connectivity index (χ3n) is 3.28. The first-order valence-electron chi connectivity index (χ1n) is 6.58. The van der Waals surface area contributed by atoms with Crippen LogP contribution >= 0.6 is 11.6 Å². The Bertz CT molecular complexity index is 764. The number of aromatic nitrogens is 4. The van der Waals surface area contributed by atoms with E-state index in [9.17, 15) is 0 Å². The van der Waals surface area contributed by atoms with Crippen LogP contribution in [0, 0.1) is 0 Å². The molecule has 0 aliphatic carbocycles. The van der Waals surface area contributed by atoms with Gasteiger partial charge in [0.25, 0.3) is 0 Å². The number of ether oxygens (including phenoxy) is 1. The van der Waals surface area contributed by atoms with E-state index < -0.39 is 0 Å². The van der Waals surface area contributed by atoms with Gasteiger partial charge in [0.1, 0.15) is 5.65 Å². The second-order valence-electron chi connectivity index (χ2n) is 4.73. The molecule has 7 heteroatoms. The van der Waals surface area contributed by atoms with Crippen LogP contribution in [0.2, 0.25) is 5.02 Å². The quantitative estimate of drug-likeness (QED) is 0.711. The predicted molar refractivity (Wildman–Crippen MR) is 83.7 cm³/mol. The lowest BCUT2D eigenvalue weighted by molar-refractivity contribution is 0.211. The second-order valence-corrected chi connectivity index (χ2v) is 5.14. The number of fused-ring (bicyclic) bond motifs is 1. The molecule has 6 nitrogen and oxygen atoms in total. The van der Waals surface area contributed by atoms with Crippen LogP contribution in [0.1, 0.15) is 0 Å². The van der Waals surface area contributed by atoms with Crippen LogP contribution in [0.25, 0.3) is 22.2 Å². The number of pyridine rings is 1. The molecule has 0 fully saturated rings. The van der Waals surface area contributed by atoms with Crippen molar-refractivity contribution in [1.82, 2.24) is 19.7 Å². The fraction of sp³-hybridized carbons (Fsp3) is 0.286. The molecule has 0 aliphatic rings. The number of halogens is 1. The smallest absolute Gasteiger partial charge is 0.140 e. The summed E-state index contributed by atoms with van der Waals surface area (Å²) in [5, 5.41) is 9.13. The van der Waals surface area contributed by atoms with Gasteiger partial charge in [-0.05, 0) is 0 Å². The number of nitrogens with zero attached hydrogens (tertiary/aromatic N) is 3. The number of H-pyrrole nitrogens is 1. The van der Waals surface area contributed by atoms with E-state index in [4.69, 9.17) is 16.3 Å². The molecule has 0 atom stereocenters. The molecule has 0 aliphatic heterocycles. The molecule has 3 aromatic rings. The van der Waals surface area contributed by atoms with Crippen molar-refractivity contribution in [2.75, 3.05) is 25.6 Å². The minimum absolute atomic E-state index is 0.609. The van der Waals surface area contributed by atoms with Crippen molar-refractivity contribution >= 4 is 28.3 Å². The van der Waals surface area contributed by atoms with Crippen LogP contribution in [-0.2, 0) is 11.8 Å². The highest BCUT2D eigenvalue weighted by Gasteiger charge is 2.15. The van der Waals surface area contributed by atoms with Gasteiger partial charge in [-0.15, -0.1) is 0 Å². The van der Waals surface area contributed by atoms with E-state index in [0.717, 1.165) is 27.8 Å². The second kappa shape index (κ2) is 5.75. The Hall–Kier alpha value is -2.05. The number of hydrogen-bond donors (Lipinski definition) is 2. The van der Waals surface area contributed by atoms with Gasteiger partial charge in [0.15, 0.2) is 0 Å². The van der Waals surface area contributed by atoms with E-state index in [0.29, 0.717) is 18.2 Å². The fourth-order valence-electron chi connectivity index (χ4n) is 2.30. The Morgan fingerprint density at radius 2 is 2.29 bits per heavy atom. The molecule has 0 spiro atoms. The summed E-state index contributed by atoms with van der Waals surface area (Å²) in [5.41, 5.74) is 3.65. The summed E-state index contributed by atoms with van der Waals surface area (Å²) in [6.07, 6.45) is 7.32. The summed E-state index contributed by atoms with van der Waals surface area (Å²) in [6.45, 7) is 1.29. The maximum atomic E-state index is 6.29. The van der Waals surface area contributed by atoms with Crippen molar-refractivity contribution in [3.8, 4) is 11.1 Å². The van der Waals surface area contributed by atoms with Crippen LogP contribution in [0.5, 0.6) is 0 Å². The van der Waals surface area contributed by atoms with Gasteiger partial charge in [-0.3, -0.25) is 4.68 Å². The third kappa shape index (κ3) is 2.59. The zero-order valence-corrected chi connectivity index (χ0v) is 12.6. The SMILES string of the molecule is COCCNc1c(-c2cnn(C)c2)cnc2[nH]cc(Cl)c12. The fourth-order valence-corrected chi connectivity index (χ4v) is 2.54. The number of hydrogen-bond acceptors (Lipinski definition) is 4. The maximum Gasteiger partial charge on any atom is 0.140 e. The third-order valence-corrected chi connectivity index (χ3v) is 3.58. The zero-order chi connectivity index (χ0) is 14.8. The summed E-state index contributed by atoms with van der Waals surface area (Å²) in [5.74, 6) is 0. The monoisotopic (exact) mass is 305 g/mol. The van der Waals surface area contributed by atoms with E-state index in [1.54, 1.807) is 18.0 Å². The molecule has 21 heavy (non-hydrogen) atoms. The lowest BCUT2D eigenvalue weighted by Gasteiger charge is -2.12. The van der Waals surface area contributed by atoms with Gasteiger partial charge in [-0.25, -0.2) is 4.98 Å². The van der Waals surface area contributed by atoms with Crippen LogP contribution in [0.15, 0.2) is 24.8 Å². The normalized spacial score (nSPS) is 11.2. The minimum atomic E-state index is 0.609. The summed E-state index contributed by atoms with van der Waals surface area (Å²) in [4.78, 5) is 7.50. The maximum absolute atomic E-state index is 6.29. The molecule has 0 saturated carbocycles. The molecular weight excluding hydrogens is 290 g/mol. The van der Waals surface area contributed by atoms with Gasteiger partial charge in [-0.2, -0.15) is 5.10 Å². The molecule has 0 bridgehead atoms. The van der Waals surface area contributed by atoms with E-state index in [1.807, 2.05) is 25.6 Å². The van der Waals surface area contributed by atoms with Crippen molar-refractivity contribution in [2.24, 2.45) is 7.05 Å². The Balaban J connectivity index is 2.13. The first-order valence-corrected chi connectivity index (χ1v) is 6.96. The van der Waals surface area contributed by atoms with E-state index in [1.165, 1.54) is 0 Å². The highest BCUT2D eigenvalue weighted by atomic mass is 35.5. The Morgan fingerprint density at radius 1 is 1.43 bits per heavy atom. The molecule has 0 saturated heterocycles. The molecule has 110 valence electrons. The molecule has 2 N–H and O–H groups in total. The number of aromatic amines is 1. The molecule has 3 heterocycles. The number of anilines is 1. The topological polar surface area (TPSA) is 67.8 Å². The van der Waals surface area contributed by atoms with E-state index >= 15 is 0 Å². The highest BCUT2D eigenvalue weighted by Crippen LogP contribution is 2.36. The summed E-state index contributed by atoms with van der Waals surface area (Å²) in [7, 11) is 3.56. The van der Waals surface area contributed by atoms with Gasteiger partial charge in [0.2, 0.25) is 0 Å². The molecule has 0 unspecified atom stereocenters. The first kappa shape index (κ1) is 13.9. The van der Waals surface area contributed by atoms with Crippen LogP contribution in [0.4, 0.5) is 5.69 Å². The Kier molecular flexibility index (Phi) is 3.81. The van der Waals surface area contributed by atoms with E-state index in [-0.39, 0.29) is 0 Å². The molecule has 3 rings (SSSR count). The average molecular weight is 306 g/mol. The first-order chi connectivity index (χ1) is 10.2. The number of rotatable bonds is 5. The van der Waals surface area contributed by atoms with Crippen molar-refractivity contribution in [3.63, 3.8) is 0 Å². The molecule has 0 amide bonds. The van der Waals surface area contributed by atoms with Gasteiger partial charge in [-0.1, -0.05) is 11.6 Å². The van der Waals surface area contributed by atoms with Gasteiger partial charge >= 0.3 is 0 Å². The molecule has 0 aromatic carbocycles. The van der Waals surface area contributed by atoms with Crippen LogP contribution in [0.3, 0.4) is 0 Å². The van der Waals surface area contributed by atoms with Crippen molar-refractivity contribution in [1.29, 1.82) is 0 Å².